The Balaban J connectivity index is 1.35. The number of carbonyl (C=O) groups excluding carboxylic acids is 1. The van der Waals surface area contributed by atoms with Crippen LogP contribution in [0.15, 0.2) is 18.3 Å². The molecule has 0 N–H and O–H groups in total. The lowest BCUT2D eigenvalue weighted by Crippen LogP contribution is -2.37. The molecule has 1 aliphatic heterocycles. The van der Waals surface area contributed by atoms with E-state index in [0.717, 1.165) is 49.0 Å². The van der Waals surface area contributed by atoms with Crippen molar-refractivity contribution in [1.82, 2.24) is 29.9 Å². The minimum absolute atomic E-state index is 0.249. The third kappa shape index (κ3) is 5.17. The van der Waals surface area contributed by atoms with E-state index in [1.54, 1.807) is 17.9 Å². The number of nitriles is 1. The lowest BCUT2D eigenvalue weighted by Gasteiger charge is -2.31. The molecule has 1 saturated heterocycles. The number of fused-ring (bicyclic) bond motifs is 1. The molecule has 0 atom stereocenters. The van der Waals surface area contributed by atoms with Gasteiger partial charge in [0.15, 0.2) is 5.69 Å². The Kier molecular flexibility index (Phi) is 6.94. The Morgan fingerprint density at radius 3 is 2.79 bits per heavy atom. The number of likely N-dealkylation sites (tertiary alicyclic amines) is 1. The van der Waals surface area contributed by atoms with E-state index in [4.69, 9.17) is 4.74 Å². The molecule has 0 bridgehead atoms. The summed E-state index contributed by atoms with van der Waals surface area (Å²) < 4.78 is 7.62. The second-order valence-electron chi connectivity index (χ2n) is 8.64. The number of piperidine rings is 1. The molecule has 4 rings (SSSR count). The summed E-state index contributed by atoms with van der Waals surface area (Å²) in [6, 6.07) is 5.95. The number of nitrogens with zero attached hydrogens (tertiary/aromatic N) is 7. The van der Waals surface area contributed by atoms with Crippen LogP contribution in [0.5, 0.6) is 5.88 Å². The van der Waals surface area contributed by atoms with Gasteiger partial charge in [0.05, 0.1) is 24.4 Å². The molecule has 0 unspecified atom stereocenters. The van der Waals surface area contributed by atoms with Crippen LogP contribution in [0, 0.1) is 24.2 Å². The smallest absolute Gasteiger partial charge is 0.216 e. The van der Waals surface area contributed by atoms with Crippen LogP contribution in [0.4, 0.5) is 0 Å². The maximum absolute atomic E-state index is 11.6. The van der Waals surface area contributed by atoms with Crippen LogP contribution in [-0.4, -0.2) is 61.9 Å². The van der Waals surface area contributed by atoms with E-state index in [1.807, 2.05) is 26.0 Å². The van der Waals surface area contributed by atoms with Gasteiger partial charge in [-0.05, 0) is 57.3 Å². The zero-order valence-electron chi connectivity index (χ0n) is 19.4. The quantitative estimate of drug-likeness (QED) is 0.518. The summed E-state index contributed by atoms with van der Waals surface area (Å²) in [6.45, 7) is 7.06. The minimum Gasteiger partial charge on any atom is -0.477 e. The van der Waals surface area contributed by atoms with Gasteiger partial charge in [-0.1, -0.05) is 12.1 Å². The standard InChI is InChI=1S/C24H29N7O2/c1-4-19(32)15-31-8-5-17(6-9-31)7-10-33-24-16(2)11-18(14-26-24)20-12-22-23(21(13-25)27-20)28-29-30(22)3/h11-12,14,17H,4-10,15H2,1-3H3. The van der Waals surface area contributed by atoms with E-state index in [2.05, 4.69) is 31.2 Å². The van der Waals surface area contributed by atoms with Crippen molar-refractivity contribution in [2.75, 3.05) is 26.2 Å². The van der Waals surface area contributed by atoms with Crippen LogP contribution in [0.25, 0.3) is 22.3 Å². The van der Waals surface area contributed by atoms with Crippen LogP contribution < -0.4 is 4.74 Å². The number of pyridine rings is 2. The van der Waals surface area contributed by atoms with Gasteiger partial charge in [-0.15, -0.1) is 5.10 Å². The average Bonchev–Trinajstić information content (AvgIpc) is 3.21. The highest BCUT2D eigenvalue weighted by molar-refractivity contribution is 5.83. The molecule has 33 heavy (non-hydrogen) atoms. The lowest BCUT2D eigenvalue weighted by molar-refractivity contribution is -0.120. The topological polar surface area (TPSA) is 110 Å². The molecule has 0 amide bonds. The number of hydrogen-bond donors (Lipinski definition) is 0. The Morgan fingerprint density at radius 1 is 1.30 bits per heavy atom. The van der Waals surface area contributed by atoms with Gasteiger partial charge in [-0.3, -0.25) is 9.69 Å². The first-order chi connectivity index (χ1) is 16.0. The Bertz CT molecular complexity index is 1190. The van der Waals surface area contributed by atoms with Gasteiger partial charge < -0.3 is 4.74 Å². The number of hydrogen-bond acceptors (Lipinski definition) is 8. The highest BCUT2D eigenvalue weighted by atomic mass is 16.5. The summed E-state index contributed by atoms with van der Waals surface area (Å²) in [5, 5.41) is 17.4. The van der Waals surface area contributed by atoms with Crippen LogP contribution in [0.3, 0.4) is 0 Å². The molecule has 3 aromatic heterocycles. The number of ether oxygens (including phenoxy) is 1. The first-order valence-corrected chi connectivity index (χ1v) is 11.4. The molecule has 9 heteroatoms. The first-order valence-electron chi connectivity index (χ1n) is 11.4. The molecule has 0 radical (unpaired) electrons. The van der Waals surface area contributed by atoms with E-state index >= 15 is 0 Å². The fourth-order valence-corrected chi connectivity index (χ4v) is 4.23. The predicted octanol–water partition coefficient (Wildman–Crippen LogP) is 3.07. The van der Waals surface area contributed by atoms with Gasteiger partial charge >= 0.3 is 0 Å². The summed E-state index contributed by atoms with van der Waals surface area (Å²) >= 11 is 0. The third-order valence-corrected chi connectivity index (χ3v) is 6.30. The van der Waals surface area contributed by atoms with E-state index in [-0.39, 0.29) is 5.69 Å². The Hall–Kier alpha value is -3.38. The monoisotopic (exact) mass is 447 g/mol. The van der Waals surface area contributed by atoms with Crippen molar-refractivity contribution in [3.8, 4) is 23.2 Å². The van der Waals surface area contributed by atoms with Crippen molar-refractivity contribution >= 4 is 16.8 Å². The average molecular weight is 448 g/mol. The van der Waals surface area contributed by atoms with Crippen LogP contribution in [0.1, 0.15) is 43.9 Å². The SMILES string of the molecule is CCC(=O)CN1CCC(CCOc2ncc(-c3cc4c(nnn4C)c(C#N)n3)cc2C)CC1. The van der Waals surface area contributed by atoms with Gasteiger partial charge in [0.25, 0.3) is 0 Å². The van der Waals surface area contributed by atoms with E-state index in [0.29, 0.717) is 48.4 Å². The second kappa shape index (κ2) is 10.0. The highest BCUT2D eigenvalue weighted by Crippen LogP contribution is 2.27. The predicted molar refractivity (Wildman–Crippen MR) is 124 cm³/mol. The maximum Gasteiger partial charge on any atom is 0.216 e. The van der Waals surface area contributed by atoms with Gasteiger partial charge in [0.2, 0.25) is 5.88 Å². The van der Waals surface area contributed by atoms with Gasteiger partial charge in [-0.25, -0.2) is 14.6 Å². The number of aryl methyl sites for hydroxylation is 2. The molecular weight excluding hydrogens is 418 g/mol. The molecular formula is C24H29N7O2. The molecule has 0 spiro atoms. The molecule has 0 saturated carbocycles. The van der Waals surface area contributed by atoms with Crippen LogP contribution in [-0.2, 0) is 11.8 Å². The van der Waals surface area contributed by atoms with Crippen molar-refractivity contribution < 1.29 is 9.53 Å². The van der Waals surface area contributed by atoms with Gasteiger partial charge in [0.1, 0.15) is 17.4 Å². The van der Waals surface area contributed by atoms with Crippen molar-refractivity contribution in [3.05, 3.63) is 29.6 Å². The number of aromatic nitrogens is 5. The van der Waals surface area contributed by atoms with E-state index < -0.39 is 0 Å². The zero-order valence-corrected chi connectivity index (χ0v) is 19.4. The highest BCUT2D eigenvalue weighted by Gasteiger charge is 2.20. The molecule has 1 fully saturated rings. The maximum atomic E-state index is 11.6. The summed E-state index contributed by atoms with van der Waals surface area (Å²) in [5.74, 6) is 1.55. The lowest BCUT2D eigenvalue weighted by atomic mass is 9.94. The molecule has 9 nitrogen and oxygen atoms in total. The summed E-state index contributed by atoms with van der Waals surface area (Å²) in [5.41, 5.74) is 3.88. The number of ketones is 1. The minimum atomic E-state index is 0.249. The molecule has 172 valence electrons. The molecule has 3 aromatic rings. The number of carbonyl (C=O) groups is 1. The molecule has 0 aromatic carbocycles. The Morgan fingerprint density at radius 2 is 2.09 bits per heavy atom. The zero-order chi connectivity index (χ0) is 23.4. The third-order valence-electron chi connectivity index (χ3n) is 6.30. The van der Waals surface area contributed by atoms with Crippen molar-refractivity contribution in [2.24, 2.45) is 13.0 Å². The van der Waals surface area contributed by atoms with Crippen LogP contribution >= 0.6 is 0 Å². The number of Topliss-reactive ketones (excluding diaryl/α,β-unsaturated/α-hetero) is 1. The van der Waals surface area contributed by atoms with Crippen molar-refractivity contribution in [3.63, 3.8) is 0 Å². The molecule has 0 aliphatic carbocycles. The fourth-order valence-electron chi connectivity index (χ4n) is 4.23. The normalized spacial score (nSPS) is 15.0. The van der Waals surface area contributed by atoms with Crippen LogP contribution in [0.2, 0.25) is 0 Å². The summed E-state index contributed by atoms with van der Waals surface area (Å²) in [4.78, 5) is 22.8. The Labute approximate surface area is 193 Å². The van der Waals surface area contributed by atoms with Gasteiger partial charge in [0, 0.05) is 30.8 Å². The first kappa shape index (κ1) is 22.8. The molecule has 1 aliphatic rings. The summed E-state index contributed by atoms with van der Waals surface area (Å²) in [6.07, 6.45) is 5.53. The van der Waals surface area contributed by atoms with Gasteiger partial charge in [-0.2, -0.15) is 5.26 Å². The van der Waals surface area contributed by atoms with E-state index in [9.17, 15) is 10.1 Å². The van der Waals surface area contributed by atoms with E-state index in [1.165, 1.54) is 0 Å². The summed E-state index contributed by atoms with van der Waals surface area (Å²) in [7, 11) is 1.79. The van der Waals surface area contributed by atoms with Crippen molar-refractivity contribution in [2.45, 2.75) is 39.5 Å². The second-order valence-corrected chi connectivity index (χ2v) is 8.64. The molecule has 4 heterocycles. The fraction of sp³-hybridized carbons (Fsp3) is 0.500. The van der Waals surface area contributed by atoms with Crippen molar-refractivity contribution in [1.29, 1.82) is 5.26 Å². The largest absolute Gasteiger partial charge is 0.477 e. The number of rotatable bonds is 8.